The van der Waals surface area contributed by atoms with Gasteiger partial charge in [0.1, 0.15) is 0 Å². The van der Waals surface area contributed by atoms with Crippen LogP contribution in [0.25, 0.3) is 0 Å². The summed E-state index contributed by atoms with van der Waals surface area (Å²) >= 11 is 0. The van der Waals surface area contributed by atoms with Crippen molar-refractivity contribution in [1.82, 2.24) is 10.6 Å². The third-order valence-electron chi connectivity index (χ3n) is 3.45. The fraction of sp³-hybridized carbons (Fsp3) is 0.769. The fourth-order valence-electron chi connectivity index (χ4n) is 1.62. The number of hydrogen-bond acceptors (Lipinski definition) is 2. The van der Waals surface area contributed by atoms with E-state index in [1.807, 2.05) is 13.8 Å². The average molecular weight is 240 g/mol. The average Bonchev–Trinajstić information content (AvgIpc) is 2.28. The van der Waals surface area contributed by atoms with E-state index in [1.165, 1.54) is 0 Å². The fourth-order valence-corrected chi connectivity index (χ4v) is 1.62. The summed E-state index contributed by atoms with van der Waals surface area (Å²) in [5.41, 5.74) is -0.857. The van der Waals surface area contributed by atoms with Crippen LogP contribution in [-0.4, -0.2) is 29.3 Å². The van der Waals surface area contributed by atoms with Crippen molar-refractivity contribution in [2.45, 2.75) is 51.7 Å². The van der Waals surface area contributed by atoms with Crippen LogP contribution < -0.4 is 10.6 Å². The van der Waals surface area contributed by atoms with Gasteiger partial charge in [0.2, 0.25) is 0 Å². The number of urea groups is 1. The van der Waals surface area contributed by atoms with Crippen molar-refractivity contribution in [3.8, 4) is 0 Å². The molecule has 0 fully saturated rings. The molecule has 0 spiro atoms. The smallest absolute Gasteiger partial charge is 0.315 e. The minimum absolute atomic E-state index is 0.111. The SMILES string of the molecule is CC(C)C(C)(O)CNC(=O)NC1CC=CCC1. The van der Waals surface area contributed by atoms with Crippen LogP contribution in [0.1, 0.15) is 40.0 Å². The monoisotopic (exact) mass is 240 g/mol. The van der Waals surface area contributed by atoms with Crippen molar-refractivity contribution >= 4 is 6.03 Å². The molecule has 1 aliphatic carbocycles. The van der Waals surface area contributed by atoms with Crippen LogP contribution >= 0.6 is 0 Å². The van der Waals surface area contributed by atoms with Crippen LogP contribution in [-0.2, 0) is 0 Å². The summed E-state index contributed by atoms with van der Waals surface area (Å²) in [5, 5.41) is 15.6. The van der Waals surface area contributed by atoms with Gasteiger partial charge in [-0.05, 0) is 32.1 Å². The molecular formula is C13H24N2O2. The van der Waals surface area contributed by atoms with Gasteiger partial charge in [-0.1, -0.05) is 26.0 Å². The summed E-state index contributed by atoms with van der Waals surface area (Å²) in [6, 6.07) is 0.0372. The van der Waals surface area contributed by atoms with Crippen molar-refractivity contribution < 1.29 is 9.90 Å². The summed E-state index contributed by atoms with van der Waals surface area (Å²) in [4.78, 5) is 11.6. The first kappa shape index (κ1) is 14.0. The lowest BCUT2D eigenvalue weighted by molar-refractivity contribution is 0.0165. The largest absolute Gasteiger partial charge is 0.388 e. The first-order chi connectivity index (χ1) is 7.92. The molecule has 2 unspecified atom stereocenters. The normalized spacial score (nSPS) is 23.2. The van der Waals surface area contributed by atoms with Crippen LogP contribution in [0.4, 0.5) is 4.79 Å². The van der Waals surface area contributed by atoms with E-state index in [9.17, 15) is 9.90 Å². The number of nitrogens with one attached hydrogen (secondary N) is 2. The number of aliphatic hydroxyl groups is 1. The van der Waals surface area contributed by atoms with Gasteiger partial charge in [0.15, 0.2) is 0 Å². The highest BCUT2D eigenvalue weighted by atomic mass is 16.3. The third-order valence-corrected chi connectivity index (χ3v) is 3.45. The first-order valence-electron chi connectivity index (χ1n) is 6.33. The molecule has 0 saturated heterocycles. The van der Waals surface area contributed by atoms with Crippen LogP contribution in [0.5, 0.6) is 0 Å². The Bertz CT molecular complexity index is 285. The van der Waals surface area contributed by atoms with E-state index < -0.39 is 5.60 Å². The molecule has 1 aliphatic rings. The molecule has 2 atom stereocenters. The predicted molar refractivity (Wildman–Crippen MR) is 68.8 cm³/mol. The Labute approximate surface area is 103 Å². The topological polar surface area (TPSA) is 61.4 Å². The Hall–Kier alpha value is -1.03. The maximum Gasteiger partial charge on any atom is 0.315 e. The predicted octanol–water partition coefficient (Wildman–Crippen LogP) is 1.80. The molecule has 98 valence electrons. The molecule has 0 radical (unpaired) electrons. The molecule has 1 rings (SSSR count). The van der Waals surface area contributed by atoms with Crippen LogP contribution in [0.2, 0.25) is 0 Å². The minimum atomic E-state index is -0.857. The molecule has 0 aliphatic heterocycles. The Morgan fingerprint density at radius 3 is 2.76 bits per heavy atom. The summed E-state index contributed by atoms with van der Waals surface area (Å²) < 4.78 is 0. The number of amides is 2. The second kappa shape index (κ2) is 6.05. The standard InChI is InChI=1S/C13H24N2O2/c1-10(2)13(3,17)9-14-12(16)15-11-7-5-4-6-8-11/h4-5,10-11,17H,6-9H2,1-3H3,(H2,14,15,16). The third kappa shape index (κ3) is 4.77. The Morgan fingerprint density at radius 2 is 2.24 bits per heavy atom. The highest BCUT2D eigenvalue weighted by Gasteiger charge is 2.25. The Balaban J connectivity index is 2.28. The van der Waals surface area contributed by atoms with Crippen LogP contribution in [0.3, 0.4) is 0 Å². The lowest BCUT2D eigenvalue weighted by Crippen LogP contribution is -2.49. The Morgan fingerprint density at radius 1 is 1.53 bits per heavy atom. The second-order valence-corrected chi connectivity index (χ2v) is 5.32. The van der Waals surface area contributed by atoms with E-state index in [1.54, 1.807) is 6.92 Å². The zero-order valence-corrected chi connectivity index (χ0v) is 11.0. The zero-order chi connectivity index (χ0) is 12.9. The molecule has 3 N–H and O–H groups in total. The van der Waals surface area contributed by atoms with Crippen molar-refractivity contribution in [3.63, 3.8) is 0 Å². The van der Waals surface area contributed by atoms with Gasteiger partial charge in [-0.25, -0.2) is 4.79 Å². The maximum atomic E-state index is 11.6. The van der Waals surface area contributed by atoms with E-state index >= 15 is 0 Å². The lowest BCUT2D eigenvalue weighted by Gasteiger charge is -2.28. The molecule has 4 heteroatoms. The minimum Gasteiger partial charge on any atom is -0.388 e. The molecule has 4 nitrogen and oxygen atoms in total. The van der Waals surface area contributed by atoms with Crippen LogP contribution in [0, 0.1) is 5.92 Å². The first-order valence-corrected chi connectivity index (χ1v) is 6.33. The van der Waals surface area contributed by atoms with Gasteiger partial charge in [0.05, 0.1) is 5.60 Å². The van der Waals surface area contributed by atoms with Crippen molar-refractivity contribution in [1.29, 1.82) is 0 Å². The molecule has 17 heavy (non-hydrogen) atoms. The lowest BCUT2D eigenvalue weighted by atomic mass is 9.93. The maximum absolute atomic E-state index is 11.6. The van der Waals surface area contributed by atoms with Gasteiger partial charge >= 0.3 is 6.03 Å². The highest BCUT2D eigenvalue weighted by Crippen LogP contribution is 2.14. The molecule has 0 aromatic carbocycles. The zero-order valence-electron chi connectivity index (χ0n) is 11.0. The van der Waals surface area contributed by atoms with E-state index in [4.69, 9.17) is 0 Å². The van der Waals surface area contributed by atoms with Crippen molar-refractivity contribution in [2.75, 3.05) is 6.54 Å². The summed E-state index contributed by atoms with van der Waals surface area (Å²) in [5.74, 6) is 0.111. The molecule has 2 amide bonds. The quantitative estimate of drug-likeness (QED) is 0.656. The number of rotatable bonds is 4. The van der Waals surface area contributed by atoms with Gasteiger partial charge in [0.25, 0.3) is 0 Å². The Kier molecular flexibility index (Phi) is 5.00. The van der Waals surface area contributed by atoms with E-state index in [2.05, 4.69) is 22.8 Å². The van der Waals surface area contributed by atoms with E-state index in [0.29, 0.717) is 0 Å². The highest BCUT2D eigenvalue weighted by molar-refractivity contribution is 5.74. The molecule has 0 heterocycles. The van der Waals surface area contributed by atoms with Gasteiger partial charge in [-0.15, -0.1) is 0 Å². The second-order valence-electron chi connectivity index (χ2n) is 5.32. The van der Waals surface area contributed by atoms with Gasteiger partial charge in [-0.2, -0.15) is 0 Å². The van der Waals surface area contributed by atoms with E-state index in [-0.39, 0.29) is 24.5 Å². The summed E-state index contributed by atoms with van der Waals surface area (Å²) in [6.45, 7) is 5.89. The van der Waals surface area contributed by atoms with Gasteiger partial charge in [0, 0.05) is 12.6 Å². The number of hydrogen-bond donors (Lipinski definition) is 3. The number of allylic oxidation sites excluding steroid dienone is 1. The molecule has 0 aromatic rings. The van der Waals surface area contributed by atoms with Gasteiger partial charge in [-0.3, -0.25) is 0 Å². The number of carbonyl (C=O) groups is 1. The molecule has 0 bridgehead atoms. The molecular weight excluding hydrogens is 216 g/mol. The summed E-state index contributed by atoms with van der Waals surface area (Å²) in [7, 11) is 0. The molecule has 0 saturated carbocycles. The molecule has 0 aromatic heterocycles. The van der Waals surface area contributed by atoms with E-state index in [0.717, 1.165) is 19.3 Å². The van der Waals surface area contributed by atoms with Crippen molar-refractivity contribution in [3.05, 3.63) is 12.2 Å². The van der Waals surface area contributed by atoms with Crippen molar-refractivity contribution in [2.24, 2.45) is 5.92 Å². The number of carbonyl (C=O) groups excluding carboxylic acids is 1. The summed E-state index contributed by atoms with van der Waals surface area (Å²) in [6.07, 6.45) is 7.14. The van der Waals surface area contributed by atoms with Gasteiger partial charge < -0.3 is 15.7 Å². The van der Waals surface area contributed by atoms with Crippen LogP contribution in [0.15, 0.2) is 12.2 Å².